The topological polar surface area (TPSA) is 17.8 Å². The van der Waals surface area contributed by atoms with Gasteiger partial charge in [0, 0.05) is 5.69 Å². The molecule has 0 amide bonds. The van der Waals surface area contributed by atoms with E-state index in [0.29, 0.717) is 0 Å². The van der Waals surface area contributed by atoms with Crippen LogP contribution in [0.2, 0.25) is 0 Å². The Kier molecular flexibility index (Phi) is 2.44. The smallest absolute Gasteiger partial charge is 0.111 e. The number of nitrogens with zero attached hydrogens (tertiary/aromatic N) is 2. The summed E-state index contributed by atoms with van der Waals surface area (Å²) < 4.78 is 2.21. The zero-order chi connectivity index (χ0) is 12.7. The number of fused-ring (bicyclic) bond motifs is 1. The Morgan fingerprint density at radius 2 is 1.67 bits per heavy atom. The second-order valence-corrected chi connectivity index (χ2v) is 4.75. The standard InChI is InChI=1S/C16H16N2/c1-11-8-9-14(10-12(11)2)18-13(3)17-15-6-4-5-7-16(15)18/h4-10H,1-3H3. The second-order valence-electron chi connectivity index (χ2n) is 4.75. The number of aryl methyl sites for hydroxylation is 3. The van der Waals surface area contributed by atoms with Crippen LogP contribution in [0.4, 0.5) is 0 Å². The van der Waals surface area contributed by atoms with E-state index in [0.717, 1.165) is 11.3 Å². The van der Waals surface area contributed by atoms with E-state index >= 15 is 0 Å². The van der Waals surface area contributed by atoms with Gasteiger partial charge in [-0.25, -0.2) is 4.98 Å². The van der Waals surface area contributed by atoms with Crippen molar-refractivity contribution < 1.29 is 0 Å². The maximum Gasteiger partial charge on any atom is 0.111 e. The summed E-state index contributed by atoms with van der Waals surface area (Å²) in [4.78, 5) is 4.60. The van der Waals surface area contributed by atoms with Crippen LogP contribution < -0.4 is 0 Å². The average Bonchev–Trinajstić information content (AvgIpc) is 2.69. The molecule has 0 spiro atoms. The van der Waals surface area contributed by atoms with Gasteiger partial charge >= 0.3 is 0 Å². The van der Waals surface area contributed by atoms with Crippen LogP contribution in [0.3, 0.4) is 0 Å². The second kappa shape index (κ2) is 3.98. The Morgan fingerprint density at radius 3 is 2.44 bits per heavy atom. The summed E-state index contributed by atoms with van der Waals surface area (Å²) in [5.41, 5.74) is 6.03. The first kappa shape index (κ1) is 11.0. The fraction of sp³-hybridized carbons (Fsp3) is 0.188. The molecule has 0 aliphatic heterocycles. The maximum absolute atomic E-state index is 4.60. The molecule has 1 heterocycles. The highest BCUT2D eigenvalue weighted by atomic mass is 15.1. The van der Waals surface area contributed by atoms with E-state index in [1.165, 1.54) is 22.3 Å². The number of benzene rings is 2. The van der Waals surface area contributed by atoms with Gasteiger partial charge in [-0.2, -0.15) is 0 Å². The van der Waals surface area contributed by atoms with Crippen molar-refractivity contribution in [1.82, 2.24) is 9.55 Å². The molecule has 3 aromatic rings. The highest BCUT2D eigenvalue weighted by Gasteiger charge is 2.08. The van der Waals surface area contributed by atoms with Crippen molar-refractivity contribution in [2.75, 3.05) is 0 Å². The molecule has 0 radical (unpaired) electrons. The zero-order valence-electron chi connectivity index (χ0n) is 10.9. The molecule has 0 aliphatic rings. The molecule has 1 aromatic heterocycles. The number of aromatic nitrogens is 2. The summed E-state index contributed by atoms with van der Waals surface area (Å²) in [6, 6.07) is 14.8. The van der Waals surface area contributed by atoms with E-state index in [9.17, 15) is 0 Å². The molecule has 0 atom stereocenters. The third kappa shape index (κ3) is 1.61. The number of imidazole rings is 1. The third-order valence-electron chi connectivity index (χ3n) is 3.48. The minimum Gasteiger partial charge on any atom is -0.297 e. The molecule has 2 heteroatoms. The average molecular weight is 236 g/mol. The van der Waals surface area contributed by atoms with Crippen molar-refractivity contribution >= 4 is 11.0 Å². The van der Waals surface area contributed by atoms with Gasteiger partial charge in [-0.15, -0.1) is 0 Å². The molecule has 0 saturated carbocycles. The van der Waals surface area contributed by atoms with Gasteiger partial charge in [0.15, 0.2) is 0 Å². The zero-order valence-corrected chi connectivity index (χ0v) is 10.9. The van der Waals surface area contributed by atoms with Crippen molar-refractivity contribution in [3.63, 3.8) is 0 Å². The van der Waals surface area contributed by atoms with Gasteiger partial charge in [0.25, 0.3) is 0 Å². The van der Waals surface area contributed by atoms with Gasteiger partial charge in [0.1, 0.15) is 5.82 Å². The van der Waals surface area contributed by atoms with Gasteiger partial charge in [0.05, 0.1) is 11.0 Å². The largest absolute Gasteiger partial charge is 0.297 e. The van der Waals surface area contributed by atoms with E-state index in [4.69, 9.17) is 0 Å². The lowest BCUT2D eigenvalue weighted by molar-refractivity contribution is 0.997. The SMILES string of the molecule is Cc1ccc(-n2c(C)nc3ccccc32)cc1C. The van der Waals surface area contributed by atoms with Crippen LogP contribution in [0.5, 0.6) is 0 Å². The van der Waals surface area contributed by atoms with Gasteiger partial charge in [-0.05, 0) is 56.2 Å². The Labute approximate surface area is 107 Å². The highest BCUT2D eigenvalue weighted by molar-refractivity contribution is 5.78. The van der Waals surface area contributed by atoms with Crippen molar-refractivity contribution in [1.29, 1.82) is 0 Å². The molecular weight excluding hydrogens is 220 g/mol. The third-order valence-corrected chi connectivity index (χ3v) is 3.48. The summed E-state index contributed by atoms with van der Waals surface area (Å²) in [6.07, 6.45) is 0. The van der Waals surface area contributed by atoms with E-state index in [2.05, 4.69) is 66.7 Å². The molecule has 0 fully saturated rings. The summed E-state index contributed by atoms with van der Waals surface area (Å²) in [6.45, 7) is 6.33. The lowest BCUT2D eigenvalue weighted by Crippen LogP contribution is -1.97. The van der Waals surface area contributed by atoms with E-state index in [-0.39, 0.29) is 0 Å². The maximum atomic E-state index is 4.60. The Balaban J connectivity index is 2.30. The van der Waals surface area contributed by atoms with Gasteiger partial charge in [-0.3, -0.25) is 4.57 Å². The Morgan fingerprint density at radius 1 is 0.889 bits per heavy atom. The fourth-order valence-electron chi connectivity index (χ4n) is 2.34. The summed E-state index contributed by atoms with van der Waals surface area (Å²) in [7, 11) is 0. The van der Waals surface area contributed by atoms with Gasteiger partial charge in [0.2, 0.25) is 0 Å². The van der Waals surface area contributed by atoms with Crippen molar-refractivity contribution in [3.8, 4) is 5.69 Å². The lowest BCUT2D eigenvalue weighted by atomic mass is 10.1. The molecule has 2 nitrogen and oxygen atoms in total. The normalized spacial score (nSPS) is 11.1. The van der Waals surface area contributed by atoms with Crippen LogP contribution in [0.15, 0.2) is 42.5 Å². The molecule has 0 unspecified atom stereocenters. The van der Waals surface area contributed by atoms with Crippen LogP contribution in [0.25, 0.3) is 16.7 Å². The number of hydrogen-bond donors (Lipinski definition) is 0. The summed E-state index contributed by atoms with van der Waals surface area (Å²) in [5.74, 6) is 1.03. The predicted molar refractivity (Wildman–Crippen MR) is 75.3 cm³/mol. The molecule has 2 aromatic carbocycles. The highest BCUT2D eigenvalue weighted by Crippen LogP contribution is 2.22. The number of hydrogen-bond acceptors (Lipinski definition) is 1. The van der Waals surface area contributed by atoms with Crippen LogP contribution in [0.1, 0.15) is 17.0 Å². The lowest BCUT2D eigenvalue weighted by Gasteiger charge is -2.09. The van der Waals surface area contributed by atoms with Crippen LogP contribution in [0, 0.1) is 20.8 Å². The quantitative estimate of drug-likeness (QED) is 0.625. The van der Waals surface area contributed by atoms with Crippen LogP contribution in [-0.4, -0.2) is 9.55 Å². The molecule has 90 valence electrons. The van der Waals surface area contributed by atoms with E-state index in [1.54, 1.807) is 0 Å². The first-order chi connectivity index (χ1) is 8.66. The van der Waals surface area contributed by atoms with Gasteiger partial charge in [-0.1, -0.05) is 18.2 Å². The van der Waals surface area contributed by atoms with E-state index < -0.39 is 0 Å². The predicted octanol–water partition coefficient (Wildman–Crippen LogP) is 3.95. The Bertz CT molecular complexity index is 723. The number of para-hydroxylation sites is 2. The molecule has 3 rings (SSSR count). The molecule has 0 bridgehead atoms. The van der Waals surface area contributed by atoms with E-state index in [1.807, 2.05) is 6.07 Å². The molecule has 18 heavy (non-hydrogen) atoms. The van der Waals surface area contributed by atoms with Crippen molar-refractivity contribution in [2.45, 2.75) is 20.8 Å². The van der Waals surface area contributed by atoms with Gasteiger partial charge < -0.3 is 0 Å². The first-order valence-corrected chi connectivity index (χ1v) is 6.18. The minimum absolute atomic E-state index is 1.03. The summed E-state index contributed by atoms with van der Waals surface area (Å²) >= 11 is 0. The van der Waals surface area contributed by atoms with Crippen molar-refractivity contribution in [2.24, 2.45) is 0 Å². The molecule has 0 aliphatic carbocycles. The van der Waals surface area contributed by atoms with Crippen LogP contribution in [-0.2, 0) is 0 Å². The first-order valence-electron chi connectivity index (χ1n) is 6.18. The Hall–Kier alpha value is -2.09. The monoisotopic (exact) mass is 236 g/mol. The molecule has 0 N–H and O–H groups in total. The molecular formula is C16H16N2. The summed E-state index contributed by atoms with van der Waals surface area (Å²) in [5, 5.41) is 0. The molecule has 0 saturated heterocycles. The number of rotatable bonds is 1. The minimum atomic E-state index is 1.03. The fourth-order valence-corrected chi connectivity index (χ4v) is 2.34. The van der Waals surface area contributed by atoms with Crippen LogP contribution >= 0.6 is 0 Å². The van der Waals surface area contributed by atoms with Crippen molar-refractivity contribution in [3.05, 3.63) is 59.4 Å².